The predicted octanol–water partition coefficient (Wildman–Crippen LogP) is 3.03. The SMILES string of the molecule is Cn1cnnc1[C@H](F)C1(c2cccc(-n3cc4c(C(F)(F)F)cc(CN5CC(C)(CO)C5)cn4c3=O)c2)COC1. The van der Waals surface area contributed by atoms with Gasteiger partial charge in [0.25, 0.3) is 0 Å². The van der Waals surface area contributed by atoms with Crippen LogP contribution in [0.5, 0.6) is 0 Å². The molecule has 2 aliphatic heterocycles. The van der Waals surface area contributed by atoms with Gasteiger partial charge in [0, 0.05) is 44.5 Å². The summed E-state index contributed by atoms with van der Waals surface area (Å²) in [6, 6.07) is 7.62. The van der Waals surface area contributed by atoms with Crippen molar-refractivity contribution < 1.29 is 27.4 Å². The molecular formula is C27H28F4N6O3. The van der Waals surface area contributed by atoms with Crippen LogP contribution < -0.4 is 5.69 Å². The summed E-state index contributed by atoms with van der Waals surface area (Å²) < 4.78 is 67.3. The van der Waals surface area contributed by atoms with E-state index in [1.807, 2.05) is 11.8 Å². The first-order valence-electron chi connectivity index (χ1n) is 12.8. The van der Waals surface area contributed by atoms with Gasteiger partial charge in [0.15, 0.2) is 12.0 Å². The summed E-state index contributed by atoms with van der Waals surface area (Å²) in [4.78, 5) is 15.4. The van der Waals surface area contributed by atoms with E-state index in [0.29, 0.717) is 29.9 Å². The highest BCUT2D eigenvalue weighted by molar-refractivity contribution is 5.58. The third kappa shape index (κ3) is 4.23. The number of ether oxygens (including phenoxy) is 1. The number of nitrogens with zero attached hydrogens (tertiary/aromatic N) is 6. The fourth-order valence-electron chi connectivity index (χ4n) is 5.76. The van der Waals surface area contributed by atoms with E-state index >= 15 is 4.39 Å². The van der Waals surface area contributed by atoms with Gasteiger partial charge in [-0.25, -0.2) is 9.18 Å². The molecule has 0 bridgehead atoms. The van der Waals surface area contributed by atoms with E-state index in [1.165, 1.54) is 23.3 Å². The van der Waals surface area contributed by atoms with Crippen molar-refractivity contribution >= 4 is 5.52 Å². The normalized spacial score (nSPS) is 19.4. The van der Waals surface area contributed by atoms with Gasteiger partial charge in [-0.15, -0.1) is 10.2 Å². The topological polar surface area (TPSA) is 89.8 Å². The van der Waals surface area contributed by atoms with Crippen LogP contribution in [0.4, 0.5) is 17.6 Å². The quantitative estimate of drug-likeness (QED) is 0.350. The second kappa shape index (κ2) is 9.25. The molecule has 5 heterocycles. The molecule has 2 saturated heterocycles. The molecule has 4 aromatic rings. The lowest BCUT2D eigenvalue weighted by Crippen LogP contribution is -2.55. The average molecular weight is 561 g/mol. The van der Waals surface area contributed by atoms with Crippen molar-refractivity contribution in [3.05, 3.63) is 82.1 Å². The van der Waals surface area contributed by atoms with Crippen molar-refractivity contribution in [2.24, 2.45) is 12.5 Å². The van der Waals surface area contributed by atoms with Crippen molar-refractivity contribution in [3.63, 3.8) is 0 Å². The fourth-order valence-corrected chi connectivity index (χ4v) is 5.76. The first-order chi connectivity index (χ1) is 18.9. The highest BCUT2D eigenvalue weighted by Gasteiger charge is 2.50. The van der Waals surface area contributed by atoms with Gasteiger partial charge < -0.3 is 14.4 Å². The van der Waals surface area contributed by atoms with Crippen LogP contribution in [0.3, 0.4) is 0 Å². The van der Waals surface area contributed by atoms with Crippen molar-refractivity contribution in [2.45, 2.75) is 31.2 Å². The third-order valence-electron chi connectivity index (χ3n) is 8.00. The Hall–Kier alpha value is -3.55. The first kappa shape index (κ1) is 26.7. The van der Waals surface area contributed by atoms with Crippen LogP contribution in [0.25, 0.3) is 11.2 Å². The number of likely N-dealkylation sites (tertiary alicyclic amines) is 1. The van der Waals surface area contributed by atoms with E-state index in [9.17, 15) is 23.1 Å². The van der Waals surface area contributed by atoms with Gasteiger partial charge in [0.1, 0.15) is 6.33 Å². The van der Waals surface area contributed by atoms with Crippen LogP contribution in [0, 0.1) is 5.41 Å². The molecule has 3 aromatic heterocycles. The minimum atomic E-state index is -4.69. The fraction of sp³-hybridized carbons (Fsp3) is 0.444. The Labute approximate surface area is 226 Å². The second-order valence-corrected chi connectivity index (χ2v) is 11.3. The van der Waals surface area contributed by atoms with E-state index in [2.05, 4.69) is 10.2 Å². The number of hydrogen-bond donors (Lipinski definition) is 1. The maximum absolute atomic E-state index is 15.8. The highest BCUT2D eigenvalue weighted by atomic mass is 19.4. The summed E-state index contributed by atoms with van der Waals surface area (Å²) in [5.41, 5.74) is -2.05. The summed E-state index contributed by atoms with van der Waals surface area (Å²) in [7, 11) is 1.64. The Morgan fingerprint density at radius 1 is 1.18 bits per heavy atom. The molecule has 212 valence electrons. The van der Waals surface area contributed by atoms with E-state index in [1.54, 1.807) is 31.3 Å². The second-order valence-electron chi connectivity index (χ2n) is 11.3. The minimum Gasteiger partial charge on any atom is -0.396 e. The molecule has 1 aromatic carbocycles. The molecule has 0 saturated carbocycles. The van der Waals surface area contributed by atoms with Crippen LogP contribution in [-0.4, -0.2) is 66.6 Å². The number of fused-ring (bicyclic) bond motifs is 1. The lowest BCUT2D eigenvalue weighted by Gasteiger charge is -2.47. The van der Waals surface area contributed by atoms with E-state index < -0.39 is 29.0 Å². The summed E-state index contributed by atoms with van der Waals surface area (Å²) in [6.07, 6.45) is -2.25. The molecule has 0 amide bonds. The lowest BCUT2D eigenvalue weighted by molar-refractivity contribution is -0.136. The van der Waals surface area contributed by atoms with Crippen LogP contribution in [-0.2, 0) is 29.9 Å². The lowest BCUT2D eigenvalue weighted by atomic mass is 9.74. The van der Waals surface area contributed by atoms with Crippen molar-refractivity contribution in [3.8, 4) is 5.69 Å². The molecule has 6 rings (SSSR count). The molecule has 0 aliphatic carbocycles. The van der Waals surface area contributed by atoms with Crippen molar-refractivity contribution in [1.29, 1.82) is 0 Å². The van der Waals surface area contributed by atoms with Crippen LogP contribution in [0.1, 0.15) is 35.6 Å². The zero-order valence-corrected chi connectivity index (χ0v) is 21.9. The molecule has 40 heavy (non-hydrogen) atoms. The zero-order valence-electron chi connectivity index (χ0n) is 21.9. The van der Waals surface area contributed by atoms with Gasteiger partial charge in [-0.3, -0.25) is 13.9 Å². The number of halogens is 4. The summed E-state index contributed by atoms with van der Waals surface area (Å²) >= 11 is 0. The Kier molecular flexibility index (Phi) is 6.16. The molecule has 2 aliphatic rings. The van der Waals surface area contributed by atoms with E-state index in [4.69, 9.17) is 4.74 Å². The van der Waals surface area contributed by atoms with Gasteiger partial charge in [-0.05, 0) is 29.3 Å². The molecule has 0 unspecified atom stereocenters. The molecule has 0 spiro atoms. The largest absolute Gasteiger partial charge is 0.418 e. The number of aliphatic hydroxyl groups is 1. The van der Waals surface area contributed by atoms with Gasteiger partial charge in [0.2, 0.25) is 0 Å². The Morgan fingerprint density at radius 2 is 1.93 bits per heavy atom. The Balaban J connectivity index is 1.40. The summed E-state index contributed by atoms with van der Waals surface area (Å²) in [5, 5.41) is 17.1. The van der Waals surface area contributed by atoms with Crippen molar-refractivity contribution in [2.75, 3.05) is 32.9 Å². The standard InChI is InChI=1S/C27H28F4N6O3/c1-25(13-38)11-35(12-25)8-17-6-20(27(29,30)31)21-10-36(24(39)37(21)9-17)19-5-3-4-18(7-19)26(14-40-15-26)22(28)23-33-32-16-34(23)2/h3-7,9-10,16,22,38H,8,11-15H2,1-2H3/t22-/m0/s1. The Morgan fingerprint density at radius 3 is 2.52 bits per heavy atom. The van der Waals surface area contributed by atoms with Crippen LogP contribution >= 0.6 is 0 Å². The number of benzene rings is 1. The van der Waals surface area contributed by atoms with Crippen LogP contribution in [0.15, 0.2) is 53.8 Å². The Bertz CT molecular complexity index is 1630. The molecule has 1 N–H and O–H groups in total. The van der Waals surface area contributed by atoms with Gasteiger partial charge >= 0.3 is 11.9 Å². The third-order valence-corrected chi connectivity index (χ3v) is 8.00. The van der Waals surface area contributed by atoms with Gasteiger partial charge in [-0.2, -0.15) is 13.2 Å². The molecule has 9 nitrogen and oxygen atoms in total. The number of aromatic nitrogens is 5. The maximum Gasteiger partial charge on any atom is 0.418 e. The highest BCUT2D eigenvalue weighted by Crippen LogP contribution is 2.45. The number of imidazole rings is 1. The summed E-state index contributed by atoms with van der Waals surface area (Å²) in [5.74, 6) is 0.129. The number of aryl methyl sites for hydroxylation is 1. The average Bonchev–Trinajstić information content (AvgIpc) is 3.44. The summed E-state index contributed by atoms with van der Waals surface area (Å²) in [6.45, 7) is 3.35. The number of aliphatic hydroxyl groups excluding tert-OH is 1. The minimum absolute atomic E-state index is 0.00708. The number of pyridine rings is 1. The smallest absolute Gasteiger partial charge is 0.396 e. The molecular weight excluding hydrogens is 532 g/mol. The first-order valence-corrected chi connectivity index (χ1v) is 12.8. The number of hydrogen-bond acceptors (Lipinski definition) is 6. The molecule has 13 heteroatoms. The van der Waals surface area contributed by atoms with Crippen molar-refractivity contribution in [1.82, 2.24) is 28.6 Å². The maximum atomic E-state index is 15.8. The van der Waals surface area contributed by atoms with E-state index in [0.717, 1.165) is 15.0 Å². The predicted molar refractivity (Wildman–Crippen MR) is 136 cm³/mol. The van der Waals surface area contributed by atoms with Gasteiger partial charge in [0.05, 0.1) is 42.0 Å². The number of alkyl halides is 4. The van der Waals surface area contributed by atoms with Gasteiger partial charge in [-0.1, -0.05) is 19.1 Å². The molecule has 1 atom stereocenters. The molecule has 2 fully saturated rings. The molecule has 0 radical (unpaired) electrons. The number of rotatable bonds is 7. The monoisotopic (exact) mass is 560 g/mol. The van der Waals surface area contributed by atoms with Crippen LogP contribution in [0.2, 0.25) is 0 Å². The van der Waals surface area contributed by atoms with E-state index in [-0.39, 0.29) is 43.1 Å². The zero-order chi connectivity index (χ0) is 28.4.